The highest BCUT2D eigenvalue weighted by atomic mass is 35.5. The van der Waals surface area contributed by atoms with Gasteiger partial charge < -0.3 is 21.3 Å². The Bertz CT molecular complexity index is 1100. The molecule has 192 valence electrons. The van der Waals surface area contributed by atoms with E-state index in [0.717, 1.165) is 48.3 Å². The van der Waals surface area contributed by atoms with E-state index in [1.54, 1.807) is 6.08 Å². The van der Waals surface area contributed by atoms with E-state index in [1.807, 2.05) is 45.0 Å². The first-order chi connectivity index (χ1) is 17.4. The minimum atomic E-state index is -0.185. The summed E-state index contributed by atoms with van der Waals surface area (Å²) < 4.78 is 0. The largest absolute Gasteiger partial charge is 0.364 e. The summed E-state index contributed by atoms with van der Waals surface area (Å²) in [5.74, 6) is 0.577. The molecule has 1 heterocycles. The van der Waals surface area contributed by atoms with E-state index in [9.17, 15) is 4.79 Å². The van der Waals surface area contributed by atoms with Gasteiger partial charge in [-0.15, -0.1) is 6.58 Å². The van der Waals surface area contributed by atoms with Crippen molar-refractivity contribution in [1.82, 2.24) is 5.32 Å². The van der Waals surface area contributed by atoms with Crippen molar-refractivity contribution in [3.8, 4) is 0 Å². The first-order valence-corrected chi connectivity index (χ1v) is 13.1. The van der Waals surface area contributed by atoms with Crippen molar-refractivity contribution in [3.05, 3.63) is 77.4 Å². The van der Waals surface area contributed by atoms with Crippen molar-refractivity contribution >= 4 is 40.5 Å². The van der Waals surface area contributed by atoms with Crippen LogP contribution < -0.4 is 21.3 Å². The van der Waals surface area contributed by atoms with Gasteiger partial charge in [0.15, 0.2) is 0 Å². The average Bonchev–Trinajstić information content (AvgIpc) is 3.35. The zero-order valence-electron chi connectivity index (χ0n) is 21.5. The Labute approximate surface area is 220 Å². The lowest BCUT2D eigenvalue weighted by atomic mass is 10.0. The number of halogens is 1. The number of carbonyl (C=O) groups excluding carboxylic acids is 1. The number of benzene rings is 2. The van der Waals surface area contributed by atoms with Gasteiger partial charge in [-0.2, -0.15) is 0 Å². The number of hydrogen-bond acceptors (Lipinski definition) is 4. The Morgan fingerprint density at radius 3 is 2.50 bits per heavy atom. The number of fused-ring (bicyclic) bond motifs is 4. The summed E-state index contributed by atoms with van der Waals surface area (Å²) in [6, 6.07) is 14.6. The van der Waals surface area contributed by atoms with Crippen LogP contribution in [0.5, 0.6) is 0 Å². The van der Waals surface area contributed by atoms with Gasteiger partial charge in [0, 0.05) is 23.1 Å². The summed E-state index contributed by atoms with van der Waals surface area (Å²) >= 11 is 6.49. The van der Waals surface area contributed by atoms with Crippen LogP contribution in [0.25, 0.3) is 0 Å². The normalized spacial score (nSPS) is 19.4. The molecule has 2 aliphatic rings. The van der Waals surface area contributed by atoms with Gasteiger partial charge in [0.1, 0.15) is 12.0 Å². The minimum absolute atomic E-state index is 0.159. The van der Waals surface area contributed by atoms with E-state index in [1.165, 1.54) is 18.4 Å². The second kappa shape index (κ2) is 13.7. The lowest BCUT2D eigenvalue weighted by molar-refractivity contribution is 0.248. The predicted octanol–water partition coefficient (Wildman–Crippen LogP) is 7.45. The minimum Gasteiger partial charge on any atom is -0.364 e. The number of hydrogen-bond donors (Lipinski definition) is 4. The third kappa shape index (κ3) is 8.45. The maximum absolute atomic E-state index is 12.6. The molecule has 0 aromatic heterocycles. The highest BCUT2D eigenvalue weighted by Gasteiger charge is 2.17. The summed E-state index contributed by atoms with van der Waals surface area (Å²) in [7, 11) is 0. The predicted molar refractivity (Wildman–Crippen MR) is 154 cm³/mol. The zero-order valence-corrected chi connectivity index (χ0v) is 22.3. The molecule has 1 atom stereocenters. The van der Waals surface area contributed by atoms with Crippen LogP contribution in [-0.2, 0) is 12.8 Å². The molecule has 36 heavy (non-hydrogen) atoms. The molecular formula is C29H38ClN5O. The third-order valence-corrected chi connectivity index (χ3v) is 6.41. The van der Waals surface area contributed by atoms with Crippen molar-refractivity contribution in [2.75, 3.05) is 16.0 Å². The van der Waals surface area contributed by atoms with Gasteiger partial charge in [-0.25, -0.2) is 9.79 Å². The second-order valence-corrected chi connectivity index (χ2v) is 9.57. The number of aryl methyl sites for hydroxylation is 2. The lowest BCUT2D eigenvalue weighted by Gasteiger charge is -2.17. The number of carbonyl (C=O) groups is 1. The fourth-order valence-corrected chi connectivity index (χ4v) is 4.50. The van der Waals surface area contributed by atoms with Gasteiger partial charge in [-0.3, -0.25) is 0 Å². The molecule has 0 radical (unpaired) electrons. The van der Waals surface area contributed by atoms with Crippen LogP contribution in [0, 0.1) is 0 Å². The Morgan fingerprint density at radius 2 is 1.78 bits per heavy atom. The molecule has 2 amide bonds. The Morgan fingerprint density at radius 1 is 1.08 bits per heavy atom. The van der Waals surface area contributed by atoms with Gasteiger partial charge in [-0.1, -0.05) is 48.7 Å². The average molecular weight is 508 g/mol. The molecule has 2 aromatic carbocycles. The maximum atomic E-state index is 12.6. The first-order valence-electron chi connectivity index (χ1n) is 12.7. The summed E-state index contributed by atoms with van der Waals surface area (Å²) in [5, 5.41) is 13.5. The molecule has 4 rings (SSSR count). The SMILES string of the molecule is C/C=C(Cl)\C1=N/C(C)Nc2cccc(c2)CCc2cc(NC(=O)NC3CCCC3)cc(c2)N1.C=CC. The van der Waals surface area contributed by atoms with Crippen molar-refractivity contribution in [2.24, 2.45) is 4.99 Å². The molecule has 4 N–H and O–H groups in total. The van der Waals surface area contributed by atoms with Crippen LogP contribution in [0.4, 0.5) is 21.9 Å². The molecule has 1 aliphatic carbocycles. The standard InChI is InChI=1S/C26H32ClN5O.C3H6/c1-3-24(27)25-29-17(2)28-21-10-6-7-18(13-21)11-12-19-14-22(30-25)16-23(15-19)32-26(33)31-20-8-4-5-9-20;1-3-2/h3,6-7,10,13-17,20,28H,4-5,8-9,11-12H2,1-2H3,(H,29,30)(H2,31,32,33);3H,1H2,2H3/b24-3+;. The van der Waals surface area contributed by atoms with E-state index in [4.69, 9.17) is 16.6 Å². The Kier molecular flexibility index (Phi) is 10.4. The molecule has 1 unspecified atom stereocenters. The number of anilines is 3. The number of aliphatic imine (C=N–C) groups is 1. The number of nitrogens with one attached hydrogen (secondary N) is 4. The molecule has 0 spiro atoms. The molecule has 1 saturated carbocycles. The monoisotopic (exact) mass is 507 g/mol. The van der Waals surface area contributed by atoms with Crippen molar-refractivity contribution < 1.29 is 4.79 Å². The molecule has 0 saturated heterocycles. The van der Waals surface area contributed by atoms with Crippen LogP contribution in [0.2, 0.25) is 0 Å². The van der Waals surface area contributed by atoms with E-state index in [2.05, 4.69) is 52.1 Å². The summed E-state index contributed by atoms with van der Waals surface area (Å²) in [6.45, 7) is 9.12. The van der Waals surface area contributed by atoms with Crippen molar-refractivity contribution in [1.29, 1.82) is 0 Å². The number of rotatable bonds is 3. The smallest absolute Gasteiger partial charge is 0.319 e. The number of nitrogens with zero attached hydrogens (tertiary/aromatic N) is 1. The highest BCUT2D eigenvalue weighted by molar-refractivity contribution is 6.45. The lowest BCUT2D eigenvalue weighted by Crippen LogP contribution is -2.36. The van der Waals surface area contributed by atoms with Crippen LogP contribution in [0.15, 0.2) is 71.2 Å². The van der Waals surface area contributed by atoms with Crippen LogP contribution in [0.3, 0.4) is 0 Å². The number of allylic oxidation sites excluding steroid dienone is 2. The molecule has 7 heteroatoms. The third-order valence-electron chi connectivity index (χ3n) is 6.01. The number of amides is 2. The van der Waals surface area contributed by atoms with Gasteiger partial charge in [0.05, 0.1) is 5.03 Å². The fraction of sp³-hybridized carbons (Fsp3) is 0.379. The molecule has 2 aromatic rings. The Hall–Kier alpha value is -3.25. The van der Waals surface area contributed by atoms with E-state index >= 15 is 0 Å². The molecule has 1 fully saturated rings. The Balaban J connectivity index is 0.00000115. The fourth-order valence-electron chi connectivity index (χ4n) is 4.40. The molecule has 6 nitrogen and oxygen atoms in total. The molecular weight excluding hydrogens is 470 g/mol. The second-order valence-electron chi connectivity index (χ2n) is 9.17. The van der Waals surface area contributed by atoms with E-state index < -0.39 is 0 Å². The summed E-state index contributed by atoms with van der Waals surface area (Å²) in [6.07, 6.45) is 9.57. The van der Waals surface area contributed by atoms with E-state index in [0.29, 0.717) is 10.9 Å². The molecule has 4 bridgehead atoms. The summed E-state index contributed by atoms with van der Waals surface area (Å²) in [4.78, 5) is 17.4. The maximum Gasteiger partial charge on any atom is 0.319 e. The van der Waals surface area contributed by atoms with E-state index in [-0.39, 0.29) is 18.2 Å². The topological polar surface area (TPSA) is 77.5 Å². The van der Waals surface area contributed by atoms with Crippen molar-refractivity contribution in [2.45, 2.75) is 71.5 Å². The van der Waals surface area contributed by atoms with Crippen LogP contribution in [0.1, 0.15) is 57.6 Å². The van der Waals surface area contributed by atoms with Gasteiger partial charge in [0.2, 0.25) is 0 Å². The van der Waals surface area contributed by atoms with Gasteiger partial charge in [-0.05, 0) is 87.9 Å². The first kappa shape index (κ1) is 27.3. The van der Waals surface area contributed by atoms with Crippen molar-refractivity contribution in [3.63, 3.8) is 0 Å². The summed E-state index contributed by atoms with van der Waals surface area (Å²) in [5.41, 5.74) is 4.97. The van der Waals surface area contributed by atoms with Gasteiger partial charge >= 0.3 is 6.03 Å². The van der Waals surface area contributed by atoms with Crippen LogP contribution >= 0.6 is 11.6 Å². The van der Waals surface area contributed by atoms with Gasteiger partial charge in [0.25, 0.3) is 0 Å². The highest BCUT2D eigenvalue weighted by Crippen LogP contribution is 2.24. The zero-order chi connectivity index (χ0) is 25.9. The quantitative estimate of drug-likeness (QED) is 0.326. The van der Waals surface area contributed by atoms with Crippen LogP contribution in [-0.4, -0.2) is 24.1 Å². The number of urea groups is 1. The number of amidine groups is 1. The molecule has 1 aliphatic heterocycles.